The molecule has 1 fully saturated rings. The van der Waals surface area contributed by atoms with Crippen molar-refractivity contribution in [3.05, 3.63) is 64.7 Å². The summed E-state index contributed by atoms with van der Waals surface area (Å²) in [5.74, 6) is -2.46. The second kappa shape index (κ2) is 14.9. The van der Waals surface area contributed by atoms with Crippen LogP contribution in [0.5, 0.6) is 5.75 Å². The van der Waals surface area contributed by atoms with Gasteiger partial charge in [-0.2, -0.15) is 13.2 Å². The van der Waals surface area contributed by atoms with Crippen LogP contribution in [0.2, 0.25) is 5.02 Å². The number of methoxy groups -OCH3 is 1. The molecule has 15 heteroatoms. The molecule has 1 saturated heterocycles. The Labute approximate surface area is 260 Å². The maximum Gasteiger partial charge on any atom is 0.416 e. The predicted octanol–water partition coefficient (Wildman–Crippen LogP) is 3.29. The molecular formula is C28H36Cl2F3N3O6S. The second-order valence-corrected chi connectivity index (χ2v) is 13.4. The van der Waals surface area contributed by atoms with Crippen molar-refractivity contribution >= 4 is 45.7 Å². The SMILES string of the molecule is COc1ccc(CS(=O)(=O)[C@@H]2C[C@@H](C(=O)N[C@@H](C(C)C)[C@H](O)C(F)(F)F)N(C(=O)[C@@H](N)Cc3cccc(Cl)c3)C2)cc1.Cl. The van der Waals surface area contributed by atoms with Gasteiger partial charge in [0.05, 0.1) is 30.2 Å². The Morgan fingerprint density at radius 3 is 2.33 bits per heavy atom. The Balaban J connectivity index is 0.00000645. The second-order valence-electron chi connectivity index (χ2n) is 10.7. The first-order valence-corrected chi connectivity index (χ1v) is 15.3. The van der Waals surface area contributed by atoms with Gasteiger partial charge in [0.1, 0.15) is 11.8 Å². The van der Waals surface area contributed by atoms with Crippen molar-refractivity contribution in [2.75, 3.05) is 13.7 Å². The van der Waals surface area contributed by atoms with E-state index in [0.29, 0.717) is 21.9 Å². The van der Waals surface area contributed by atoms with Gasteiger partial charge in [0.2, 0.25) is 11.8 Å². The van der Waals surface area contributed by atoms with Gasteiger partial charge in [0.25, 0.3) is 0 Å². The molecule has 1 aliphatic rings. The molecule has 5 atom stereocenters. The molecule has 0 spiro atoms. The van der Waals surface area contributed by atoms with Crippen LogP contribution < -0.4 is 15.8 Å². The number of benzene rings is 2. The molecule has 0 saturated carbocycles. The van der Waals surface area contributed by atoms with Crippen molar-refractivity contribution in [2.45, 2.75) is 68.1 Å². The van der Waals surface area contributed by atoms with Crippen LogP contribution >= 0.6 is 24.0 Å². The Morgan fingerprint density at radius 2 is 1.79 bits per heavy atom. The van der Waals surface area contributed by atoms with Gasteiger partial charge in [-0.05, 0) is 54.2 Å². The first-order valence-electron chi connectivity index (χ1n) is 13.2. The highest BCUT2D eigenvalue weighted by Gasteiger charge is 2.49. The maximum atomic E-state index is 13.5. The van der Waals surface area contributed by atoms with E-state index < -0.39 is 69.0 Å². The third kappa shape index (κ3) is 9.45. The van der Waals surface area contributed by atoms with Crippen LogP contribution in [0.1, 0.15) is 31.4 Å². The highest BCUT2D eigenvalue weighted by Crippen LogP contribution is 2.30. The summed E-state index contributed by atoms with van der Waals surface area (Å²) >= 11 is 6.02. The topological polar surface area (TPSA) is 139 Å². The smallest absolute Gasteiger partial charge is 0.416 e. The summed E-state index contributed by atoms with van der Waals surface area (Å²) in [4.78, 5) is 27.9. The van der Waals surface area contributed by atoms with Crippen LogP contribution in [0.3, 0.4) is 0 Å². The number of aliphatic hydroxyl groups excluding tert-OH is 1. The number of sulfone groups is 1. The van der Waals surface area contributed by atoms with E-state index in [9.17, 15) is 36.3 Å². The van der Waals surface area contributed by atoms with E-state index in [1.807, 2.05) is 0 Å². The third-order valence-corrected chi connectivity index (χ3v) is 9.58. The highest BCUT2D eigenvalue weighted by atomic mass is 35.5. The highest BCUT2D eigenvalue weighted by molar-refractivity contribution is 7.91. The number of alkyl halides is 3. The number of rotatable bonds is 11. The van der Waals surface area contributed by atoms with E-state index in [2.05, 4.69) is 5.32 Å². The van der Waals surface area contributed by atoms with E-state index >= 15 is 0 Å². The number of carbonyl (C=O) groups is 2. The fraction of sp³-hybridized carbons (Fsp3) is 0.500. The van der Waals surface area contributed by atoms with Gasteiger partial charge in [-0.1, -0.05) is 49.7 Å². The van der Waals surface area contributed by atoms with Crippen molar-refractivity contribution < 1.29 is 41.0 Å². The minimum absolute atomic E-state index is 0. The zero-order chi connectivity index (χ0) is 31.4. The number of halogens is 5. The van der Waals surface area contributed by atoms with E-state index in [1.54, 1.807) is 48.5 Å². The monoisotopic (exact) mass is 669 g/mol. The van der Waals surface area contributed by atoms with Crippen LogP contribution in [0.25, 0.3) is 0 Å². The summed E-state index contributed by atoms with van der Waals surface area (Å²) in [5, 5.41) is 11.3. The first-order chi connectivity index (χ1) is 19.5. The lowest BCUT2D eigenvalue weighted by molar-refractivity contribution is -0.215. The Kier molecular flexibility index (Phi) is 12.7. The Bertz CT molecular complexity index is 1360. The lowest BCUT2D eigenvalue weighted by atomic mass is 9.97. The van der Waals surface area contributed by atoms with Gasteiger partial charge >= 0.3 is 6.18 Å². The summed E-state index contributed by atoms with van der Waals surface area (Å²) in [6, 6.07) is 8.59. The summed E-state index contributed by atoms with van der Waals surface area (Å²) in [6.45, 7) is 2.40. The molecule has 3 rings (SSSR count). The number of ether oxygens (including phenoxy) is 1. The maximum absolute atomic E-state index is 13.5. The van der Waals surface area contributed by atoms with Crippen molar-refractivity contribution in [3.63, 3.8) is 0 Å². The lowest BCUT2D eigenvalue weighted by Crippen LogP contribution is -2.58. The van der Waals surface area contributed by atoms with E-state index in [-0.39, 0.29) is 31.8 Å². The number of likely N-dealkylation sites (tertiary alicyclic amines) is 1. The van der Waals surface area contributed by atoms with Crippen molar-refractivity contribution in [1.29, 1.82) is 0 Å². The molecule has 0 aromatic heterocycles. The number of amides is 2. The normalized spacial score (nSPS) is 19.3. The average molecular weight is 671 g/mol. The molecule has 2 amide bonds. The number of nitrogens with one attached hydrogen (secondary N) is 1. The van der Waals surface area contributed by atoms with Crippen LogP contribution in [0, 0.1) is 5.92 Å². The third-order valence-electron chi connectivity index (χ3n) is 7.25. The zero-order valence-electron chi connectivity index (χ0n) is 23.8. The van der Waals surface area contributed by atoms with Gasteiger partial charge in [0.15, 0.2) is 15.9 Å². The molecule has 240 valence electrons. The Morgan fingerprint density at radius 1 is 1.16 bits per heavy atom. The number of carbonyl (C=O) groups excluding carboxylic acids is 2. The van der Waals surface area contributed by atoms with Gasteiger partial charge in [-0.3, -0.25) is 9.59 Å². The fourth-order valence-corrected chi connectivity index (χ4v) is 6.88. The first kappa shape index (κ1) is 36.6. The molecule has 0 radical (unpaired) electrons. The minimum atomic E-state index is -5.02. The summed E-state index contributed by atoms with van der Waals surface area (Å²) in [5.41, 5.74) is 7.26. The zero-order valence-corrected chi connectivity index (χ0v) is 26.1. The number of hydrogen-bond acceptors (Lipinski definition) is 7. The molecular weight excluding hydrogens is 634 g/mol. The largest absolute Gasteiger partial charge is 0.497 e. The predicted molar refractivity (Wildman–Crippen MR) is 159 cm³/mol. The summed E-state index contributed by atoms with van der Waals surface area (Å²) in [7, 11) is -2.47. The van der Waals surface area contributed by atoms with E-state index in [4.69, 9.17) is 22.1 Å². The van der Waals surface area contributed by atoms with E-state index in [1.165, 1.54) is 21.0 Å². The number of aliphatic hydroxyl groups is 1. The molecule has 2 aromatic rings. The van der Waals surface area contributed by atoms with Gasteiger partial charge in [-0.15, -0.1) is 12.4 Å². The van der Waals surface area contributed by atoms with Crippen LogP contribution in [0.15, 0.2) is 48.5 Å². The molecule has 4 N–H and O–H groups in total. The van der Waals surface area contributed by atoms with Gasteiger partial charge < -0.3 is 25.8 Å². The van der Waals surface area contributed by atoms with E-state index in [0.717, 1.165) is 4.90 Å². The van der Waals surface area contributed by atoms with Crippen LogP contribution in [0.4, 0.5) is 13.2 Å². The average Bonchev–Trinajstić information content (AvgIpc) is 3.37. The van der Waals surface area contributed by atoms with Crippen LogP contribution in [-0.4, -0.2) is 79.5 Å². The van der Waals surface area contributed by atoms with Crippen molar-refractivity contribution in [1.82, 2.24) is 10.2 Å². The lowest BCUT2D eigenvalue weighted by Gasteiger charge is -2.32. The molecule has 0 unspecified atom stereocenters. The van der Waals surface area contributed by atoms with Gasteiger partial charge in [-0.25, -0.2) is 8.42 Å². The molecule has 43 heavy (non-hydrogen) atoms. The Hall–Kier alpha value is -2.58. The van der Waals surface area contributed by atoms with Crippen molar-refractivity contribution in [2.24, 2.45) is 11.7 Å². The molecule has 2 aromatic carbocycles. The van der Waals surface area contributed by atoms with Crippen molar-refractivity contribution in [3.8, 4) is 5.75 Å². The quantitative estimate of drug-likeness (QED) is 0.334. The fourth-order valence-electron chi connectivity index (χ4n) is 4.91. The molecule has 0 bridgehead atoms. The number of nitrogens with two attached hydrogens (primary N) is 1. The standard InChI is InChI=1S/C28H35ClF3N3O6S.ClH/c1-16(2)24(25(36)28(30,31)32)34-26(37)23-13-21(42(39,40)15-17-7-9-20(41-3)10-8-17)14-35(23)27(38)22(33)12-18-5-4-6-19(29)11-18;/h4-11,16,21-25,36H,12-15,33H2,1-3H3,(H,34,37);1H/t21-,22+,23+,24+,25+;/m1./s1. The molecule has 1 aliphatic heterocycles. The minimum Gasteiger partial charge on any atom is -0.497 e. The summed E-state index contributed by atoms with van der Waals surface area (Å²) in [6.07, 6.45) is -8.22. The number of hydrogen-bond donors (Lipinski definition) is 3. The molecule has 1 heterocycles. The van der Waals surface area contributed by atoms with Crippen LogP contribution in [-0.2, 0) is 31.6 Å². The van der Waals surface area contributed by atoms with Gasteiger partial charge in [0, 0.05) is 11.6 Å². The molecule has 0 aliphatic carbocycles. The molecule has 9 nitrogen and oxygen atoms in total. The number of nitrogens with zero attached hydrogens (tertiary/aromatic N) is 1. The summed E-state index contributed by atoms with van der Waals surface area (Å²) < 4.78 is 71.9.